The number of carbonyl (C=O) groups is 2. The summed E-state index contributed by atoms with van der Waals surface area (Å²) in [6, 6.07) is 5.14. The molecule has 0 heterocycles. The summed E-state index contributed by atoms with van der Waals surface area (Å²) in [5, 5.41) is 20.6. The molecule has 14 heavy (non-hydrogen) atoms. The zero-order valence-corrected chi connectivity index (χ0v) is 14.2. The minimum Gasteiger partial charge on any atom is -1.00 e. The van der Waals surface area contributed by atoms with Crippen molar-refractivity contribution in [1.29, 1.82) is 0 Å². The van der Waals surface area contributed by atoms with Crippen molar-refractivity contribution >= 4 is 11.9 Å². The van der Waals surface area contributed by atoms with Gasteiger partial charge in [-0.25, -0.2) is 0 Å². The van der Waals surface area contributed by atoms with Crippen LogP contribution in [-0.4, -0.2) is 11.9 Å². The summed E-state index contributed by atoms with van der Waals surface area (Å²) in [5.41, 5.74) is -0.727. The summed E-state index contributed by atoms with van der Waals surface area (Å²) in [6.45, 7) is 0. The van der Waals surface area contributed by atoms with Crippen LogP contribution in [0.1, 0.15) is 23.6 Å². The number of benzene rings is 1. The predicted octanol–water partition coefficient (Wildman–Crippen LogP) is -7.35. The Balaban J connectivity index is -0.000000180. The standard InChI is InChI=1S/C8H6O4.2K.2H/c9-7(10)5-3-1-2-4-6(5)8(11)12;;;;/h1-4H,(H,9,10)(H,11,12);;;;/q;2*+1;2*-1/p-2. The van der Waals surface area contributed by atoms with E-state index < -0.39 is 11.9 Å². The maximum Gasteiger partial charge on any atom is 1.00 e. The number of hydrogen-bond donors (Lipinski definition) is 0. The fraction of sp³-hybridized carbons (Fsp3) is 0. The van der Waals surface area contributed by atoms with Crippen molar-refractivity contribution in [2.24, 2.45) is 0 Å². The molecule has 6 heteroatoms. The van der Waals surface area contributed by atoms with Gasteiger partial charge in [-0.05, 0) is 0 Å². The average molecular weight is 244 g/mol. The molecule has 0 aliphatic rings. The van der Waals surface area contributed by atoms with Crippen LogP contribution in [0.3, 0.4) is 0 Å². The monoisotopic (exact) mass is 244 g/mol. The van der Waals surface area contributed by atoms with E-state index in [1.807, 2.05) is 0 Å². The van der Waals surface area contributed by atoms with E-state index in [2.05, 4.69) is 0 Å². The van der Waals surface area contributed by atoms with Gasteiger partial charge in [-0.1, -0.05) is 24.3 Å². The SMILES string of the molecule is O=C([O-])c1ccccc1C(=O)[O-].[H-].[H-].[K+].[K+]. The van der Waals surface area contributed by atoms with Crippen LogP contribution in [0.2, 0.25) is 0 Å². The van der Waals surface area contributed by atoms with Crippen LogP contribution in [0.4, 0.5) is 0 Å². The van der Waals surface area contributed by atoms with Gasteiger partial charge in [0.05, 0.1) is 11.9 Å². The quantitative estimate of drug-likeness (QED) is 0.484. The molecule has 1 aromatic rings. The zero-order chi connectivity index (χ0) is 9.14. The molecule has 1 aromatic carbocycles. The topological polar surface area (TPSA) is 80.3 Å². The second-order valence-corrected chi connectivity index (χ2v) is 2.12. The Labute approximate surface area is 169 Å². The van der Waals surface area contributed by atoms with Gasteiger partial charge in [-0.2, -0.15) is 0 Å². The Morgan fingerprint density at radius 3 is 1.43 bits per heavy atom. The van der Waals surface area contributed by atoms with E-state index in [-0.39, 0.29) is 117 Å². The molecule has 0 unspecified atom stereocenters. The van der Waals surface area contributed by atoms with Gasteiger partial charge < -0.3 is 22.7 Å². The molecule has 0 aliphatic heterocycles. The number of carbonyl (C=O) groups excluding carboxylic acids is 2. The van der Waals surface area contributed by atoms with Gasteiger partial charge in [-0.3, -0.25) is 0 Å². The predicted molar refractivity (Wildman–Crippen MR) is 37.3 cm³/mol. The first kappa shape index (κ1) is 17.8. The minimum absolute atomic E-state index is 0. The second kappa shape index (κ2) is 8.57. The molecule has 0 bridgehead atoms. The number of carboxylic acids is 2. The normalized spacial score (nSPS) is 8.00. The van der Waals surface area contributed by atoms with Gasteiger partial charge in [0, 0.05) is 11.1 Å². The van der Waals surface area contributed by atoms with E-state index >= 15 is 0 Å². The largest absolute Gasteiger partial charge is 1.00 e. The van der Waals surface area contributed by atoms with Gasteiger partial charge in [0.2, 0.25) is 0 Å². The van der Waals surface area contributed by atoms with Crippen LogP contribution in [0.15, 0.2) is 24.3 Å². The van der Waals surface area contributed by atoms with Gasteiger partial charge in [0.15, 0.2) is 0 Å². The number of rotatable bonds is 2. The second-order valence-electron chi connectivity index (χ2n) is 2.12. The molecule has 0 amide bonds. The molecule has 0 spiro atoms. The third kappa shape index (κ3) is 4.97. The van der Waals surface area contributed by atoms with Crippen molar-refractivity contribution in [3.8, 4) is 0 Å². The molecule has 0 radical (unpaired) electrons. The van der Waals surface area contributed by atoms with Gasteiger partial charge in [0.1, 0.15) is 0 Å². The van der Waals surface area contributed by atoms with Crippen molar-refractivity contribution in [2.45, 2.75) is 0 Å². The summed E-state index contributed by atoms with van der Waals surface area (Å²) in [7, 11) is 0. The first-order chi connectivity index (χ1) is 5.63. The fourth-order valence-electron chi connectivity index (χ4n) is 0.839. The minimum atomic E-state index is -1.52. The molecule has 0 aliphatic carbocycles. The molecule has 0 fully saturated rings. The molecule has 0 saturated heterocycles. The van der Waals surface area contributed by atoms with E-state index in [1.165, 1.54) is 12.1 Å². The number of aromatic carboxylic acids is 2. The maximum absolute atomic E-state index is 10.3. The van der Waals surface area contributed by atoms with Crippen molar-refractivity contribution in [2.75, 3.05) is 0 Å². The Morgan fingerprint density at radius 1 is 0.929 bits per heavy atom. The molecule has 4 nitrogen and oxygen atoms in total. The van der Waals surface area contributed by atoms with Crippen LogP contribution < -0.4 is 113 Å². The fourth-order valence-corrected chi connectivity index (χ4v) is 0.839. The summed E-state index contributed by atoms with van der Waals surface area (Å²) in [5.74, 6) is -3.04. The van der Waals surface area contributed by atoms with E-state index in [1.54, 1.807) is 0 Å². The van der Waals surface area contributed by atoms with Crippen molar-refractivity contribution in [3.63, 3.8) is 0 Å². The summed E-state index contributed by atoms with van der Waals surface area (Å²) >= 11 is 0. The van der Waals surface area contributed by atoms with Crippen LogP contribution in [0.25, 0.3) is 0 Å². The van der Waals surface area contributed by atoms with Crippen molar-refractivity contribution in [3.05, 3.63) is 35.4 Å². The van der Waals surface area contributed by atoms with Crippen LogP contribution in [0.5, 0.6) is 0 Å². The zero-order valence-electron chi connectivity index (χ0n) is 9.94. The average Bonchev–Trinajstić information content (AvgIpc) is 2.04. The molecule has 1 rings (SSSR count). The van der Waals surface area contributed by atoms with Gasteiger partial charge >= 0.3 is 103 Å². The van der Waals surface area contributed by atoms with Crippen molar-refractivity contribution in [1.82, 2.24) is 0 Å². The molecular formula is C8H6K2O4-2. The van der Waals surface area contributed by atoms with E-state index in [0.29, 0.717) is 0 Å². The molecular weight excluding hydrogens is 238 g/mol. The third-order valence-electron chi connectivity index (χ3n) is 1.37. The summed E-state index contributed by atoms with van der Waals surface area (Å²) in [6.07, 6.45) is 0. The maximum atomic E-state index is 10.3. The van der Waals surface area contributed by atoms with Crippen LogP contribution in [0, 0.1) is 0 Å². The third-order valence-corrected chi connectivity index (χ3v) is 1.37. The van der Waals surface area contributed by atoms with E-state index in [9.17, 15) is 19.8 Å². The first-order valence-electron chi connectivity index (χ1n) is 3.14. The van der Waals surface area contributed by atoms with Gasteiger partial charge in [-0.15, -0.1) is 0 Å². The Hall–Kier alpha value is 1.43. The smallest absolute Gasteiger partial charge is 1.00 e. The van der Waals surface area contributed by atoms with E-state index in [0.717, 1.165) is 12.1 Å². The van der Waals surface area contributed by atoms with Crippen LogP contribution >= 0.6 is 0 Å². The molecule has 0 atom stereocenters. The Bertz CT molecular complexity index is 314. The van der Waals surface area contributed by atoms with Crippen LogP contribution in [-0.2, 0) is 0 Å². The van der Waals surface area contributed by atoms with Crippen molar-refractivity contribution < 1.29 is 125 Å². The van der Waals surface area contributed by atoms with Gasteiger partial charge in [0.25, 0.3) is 0 Å². The molecule has 0 saturated carbocycles. The summed E-state index contributed by atoms with van der Waals surface area (Å²) < 4.78 is 0. The number of hydrogen-bond acceptors (Lipinski definition) is 4. The Morgan fingerprint density at radius 2 is 1.21 bits per heavy atom. The Kier molecular flexibility index (Phi) is 10.9. The van der Waals surface area contributed by atoms with E-state index in [4.69, 9.17) is 0 Å². The molecule has 0 aromatic heterocycles. The summed E-state index contributed by atoms with van der Waals surface area (Å²) in [4.78, 5) is 20.6. The molecule has 66 valence electrons. The number of carboxylic acid groups (broad SMARTS) is 2. The molecule has 0 N–H and O–H groups in total. The first-order valence-corrected chi connectivity index (χ1v) is 3.14.